The first kappa shape index (κ1) is 15.3. The third-order valence-corrected chi connectivity index (χ3v) is 3.58. The van der Waals surface area contributed by atoms with Gasteiger partial charge in [0.1, 0.15) is 18.2 Å². The second kappa shape index (κ2) is 7.07. The molecule has 3 rings (SSSR count). The van der Waals surface area contributed by atoms with E-state index in [4.69, 9.17) is 10.5 Å². The fourth-order valence-corrected chi connectivity index (χ4v) is 2.29. The van der Waals surface area contributed by atoms with E-state index in [2.05, 4.69) is 0 Å². The second-order valence-corrected chi connectivity index (χ2v) is 5.40. The molecular formula is C20H18FNO. The number of ether oxygens (including phenoxy) is 1. The molecule has 23 heavy (non-hydrogen) atoms. The van der Waals surface area contributed by atoms with Crippen LogP contribution in [0.25, 0.3) is 6.08 Å². The molecule has 0 aliphatic heterocycles. The first-order valence-electron chi connectivity index (χ1n) is 7.50. The van der Waals surface area contributed by atoms with E-state index in [0.717, 1.165) is 22.4 Å². The summed E-state index contributed by atoms with van der Waals surface area (Å²) in [6.45, 7) is 0.538. The minimum Gasteiger partial charge on any atom is -0.489 e. The number of benzene rings is 2. The molecule has 0 amide bonds. The van der Waals surface area contributed by atoms with Crippen molar-refractivity contribution in [2.24, 2.45) is 5.73 Å². The van der Waals surface area contributed by atoms with Gasteiger partial charge in [0.2, 0.25) is 0 Å². The quantitative estimate of drug-likeness (QED) is 0.908. The highest BCUT2D eigenvalue weighted by molar-refractivity contribution is 5.61. The Bertz CT molecular complexity index is 745. The van der Waals surface area contributed by atoms with Gasteiger partial charge in [-0.25, -0.2) is 4.39 Å². The topological polar surface area (TPSA) is 35.2 Å². The van der Waals surface area contributed by atoms with Gasteiger partial charge in [-0.05, 0) is 41.0 Å². The maximum absolute atomic E-state index is 13.5. The van der Waals surface area contributed by atoms with Crippen LogP contribution in [0.15, 0.2) is 84.2 Å². The summed E-state index contributed by atoms with van der Waals surface area (Å²) in [4.78, 5) is 0. The molecule has 0 heterocycles. The first-order valence-corrected chi connectivity index (χ1v) is 7.50. The van der Waals surface area contributed by atoms with Crippen LogP contribution in [0.4, 0.5) is 4.39 Å². The van der Waals surface area contributed by atoms with Crippen molar-refractivity contribution >= 4 is 6.08 Å². The summed E-state index contributed by atoms with van der Waals surface area (Å²) < 4.78 is 19.2. The lowest BCUT2D eigenvalue weighted by atomic mass is 10.0. The van der Waals surface area contributed by atoms with Crippen LogP contribution in [-0.4, -0.2) is 6.04 Å². The fourth-order valence-electron chi connectivity index (χ4n) is 2.29. The lowest BCUT2D eigenvalue weighted by molar-refractivity contribution is 0.306. The highest BCUT2D eigenvalue weighted by atomic mass is 19.1. The summed E-state index contributed by atoms with van der Waals surface area (Å²) in [7, 11) is 0. The van der Waals surface area contributed by atoms with Crippen LogP contribution in [-0.2, 0) is 6.61 Å². The van der Waals surface area contributed by atoms with E-state index in [0.29, 0.717) is 6.61 Å². The van der Waals surface area contributed by atoms with Crippen molar-refractivity contribution in [3.8, 4) is 5.75 Å². The van der Waals surface area contributed by atoms with Crippen LogP contribution < -0.4 is 10.5 Å². The Morgan fingerprint density at radius 2 is 1.78 bits per heavy atom. The Kier molecular flexibility index (Phi) is 4.69. The summed E-state index contributed by atoms with van der Waals surface area (Å²) in [5.41, 5.74) is 8.47. The normalized spacial score (nSPS) is 18.8. The molecule has 0 spiro atoms. The second-order valence-electron chi connectivity index (χ2n) is 5.40. The highest BCUT2D eigenvalue weighted by Crippen LogP contribution is 2.20. The zero-order chi connectivity index (χ0) is 16.1. The predicted molar refractivity (Wildman–Crippen MR) is 91.5 cm³/mol. The molecule has 1 atom stereocenters. The molecule has 0 bridgehead atoms. The molecule has 1 aliphatic rings. The maximum atomic E-state index is 13.5. The summed E-state index contributed by atoms with van der Waals surface area (Å²) in [5.74, 6) is 0.487. The van der Waals surface area contributed by atoms with Gasteiger partial charge in [-0.1, -0.05) is 54.6 Å². The van der Waals surface area contributed by atoms with E-state index < -0.39 is 6.04 Å². The molecule has 0 saturated heterocycles. The van der Waals surface area contributed by atoms with Gasteiger partial charge < -0.3 is 10.5 Å². The number of halogens is 1. The van der Waals surface area contributed by atoms with E-state index in [1.807, 2.05) is 66.7 Å². The van der Waals surface area contributed by atoms with Crippen LogP contribution in [0.2, 0.25) is 0 Å². The number of nitrogens with two attached hydrogens (primary N) is 1. The van der Waals surface area contributed by atoms with E-state index in [1.54, 1.807) is 6.08 Å². The fraction of sp³-hybridized carbons (Fsp3) is 0.100. The predicted octanol–water partition coefficient (Wildman–Crippen LogP) is 4.40. The standard InChI is InChI=1S/C20H18FNO/c21-19-13-17(8-11-20(19)22)12-15-6-9-18(10-7-15)23-14-16-4-2-1-3-5-16/h1-13,20H,14,22H2/b17-12-. The first-order chi connectivity index (χ1) is 11.2. The van der Waals surface area contributed by atoms with Crippen LogP contribution in [0.3, 0.4) is 0 Å². The highest BCUT2D eigenvalue weighted by Gasteiger charge is 2.09. The number of hydrogen-bond donors (Lipinski definition) is 1. The summed E-state index contributed by atoms with van der Waals surface area (Å²) in [6, 6.07) is 17.1. The van der Waals surface area contributed by atoms with E-state index in [9.17, 15) is 4.39 Å². The number of rotatable bonds is 4. The molecule has 1 unspecified atom stereocenters. The zero-order valence-corrected chi connectivity index (χ0v) is 12.7. The molecule has 116 valence electrons. The van der Waals surface area contributed by atoms with Crippen LogP contribution in [0.5, 0.6) is 5.75 Å². The lowest BCUT2D eigenvalue weighted by Crippen LogP contribution is -2.19. The molecule has 2 aromatic carbocycles. The summed E-state index contributed by atoms with van der Waals surface area (Å²) >= 11 is 0. The molecule has 2 N–H and O–H groups in total. The smallest absolute Gasteiger partial charge is 0.121 e. The van der Waals surface area contributed by atoms with Gasteiger partial charge in [-0.3, -0.25) is 0 Å². The van der Waals surface area contributed by atoms with E-state index >= 15 is 0 Å². The Labute approximate surface area is 135 Å². The molecule has 0 saturated carbocycles. The van der Waals surface area contributed by atoms with Crippen molar-refractivity contribution in [2.45, 2.75) is 12.6 Å². The van der Waals surface area contributed by atoms with Gasteiger partial charge in [-0.15, -0.1) is 0 Å². The summed E-state index contributed by atoms with van der Waals surface area (Å²) in [5, 5.41) is 0. The average molecular weight is 307 g/mol. The Hall–Kier alpha value is -2.65. The zero-order valence-electron chi connectivity index (χ0n) is 12.7. The number of allylic oxidation sites excluding steroid dienone is 3. The molecule has 0 aromatic heterocycles. The maximum Gasteiger partial charge on any atom is 0.121 e. The van der Waals surface area contributed by atoms with Crippen molar-refractivity contribution < 1.29 is 9.13 Å². The van der Waals surface area contributed by atoms with Gasteiger partial charge >= 0.3 is 0 Å². The van der Waals surface area contributed by atoms with Gasteiger partial charge in [0.05, 0.1) is 6.04 Å². The molecule has 2 nitrogen and oxygen atoms in total. The molecule has 1 aliphatic carbocycles. The Morgan fingerprint density at radius 1 is 1.04 bits per heavy atom. The largest absolute Gasteiger partial charge is 0.489 e. The van der Waals surface area contributed by atoms with Gasteiger partial charge in [0.15, 0.2) is 0 Å². The molecule has 0 radical (unpaired) electrons. The molecular weight excluding hydrogens is 289 g/mol. The molecule has 0 fully saturated rings. The van der Waals surface area contributed by atoms with E-state index in [-0.39, 0.29) is 5.83 Å². The SMILES string of the molecule is NC1C=C/C(=C/c2ccc(OCc3ccccc3)cc2)C=C1F. The number of hydrogen-bond acceptors (Lipinski definition) is 2. The van der Waals surface area contributed by atoms with E-state index in [1.165, 1.54) is 6.08 Å². The van der Waals surface area contributed by atoms with Crippen molar-refractivity contribution in [2.75, 3.05) is 0 Å². The lowest BCUT2D eigenvalue weighted by Gasteiger charge is -2.10. The van der Waals surface area contributed by atoms with Crippen molar-refractivity contribution in [1.29, 1.82) is 0 Å². The van der Waals surface area contributed by atoms with Crippen LogP contribution in [0.1, 0.15) is 11.1 Å². The van der Waals surface area contributed by atoms with Crippen LogP contribution in [0, 0.1) is 0 Å². The van der Waals surface area contributed by atoms with Crippen molar-refractivity contribution in [3.05, 3.63) is 95.4 Å². The summed E-state index contributed by atoms with van der Waals surface area (Å²) in [6.07, 6.45) is 6.85. The van der Waals surface area contributed by atoms with Crippen molar-refractivity contribution in [1.82, 2.24) is 0 Å². The minimum absolute atomic E-state index is 0.318. The Morgan fingerprint density at radius 3 is 2.48 bits per heavy atom. The molecule has 3 heteroatoms. The molecule has 2 aromatic rings. The van der Waals surface area contributed by atoms with Gasteiger partial charge in [0, 0.05) is 0 Å². The van der Waals surface area contributed by atoms with Gasteiger partial charge in [0.25, 0.3) is 0 Å². The van der Waals surface area contributed by atoms with Crippen molar-refractivity contribution in [3.63, 3.8) is 0 Å². The third kappa shape index (κ3) is 4.18. The van der Waals surface area contributed by atoms with Crippen LogP contribution >= 0.6 is 0 Å². The monoisotopic (exact) mass is 307 g/mol. The van der Waals surface area contributed by atoms with Gasteiger partial charge in [-0.2, -0.15) is 0 Å². The average Bonchev–Trinajstić information content (AvgIpc) is 2.58. The Balaban J connectivity index is 1.65. The third-order valence-electron chi connectivity index (χ3n) is 3.58. The minimum atomic E-state index is -0.624.